The molecule has 0 bridgehead atoms. The molecule has 0 spiro atoms. The van der Waals surface area contributed by atoms with Crippen LogP contribution in [0.15, 0.2) is 52.6 Å². The van der Waals surface area contributed by atoms with E-state index in [-0.39, 0.29) is 11.8 Å². The molecule has 0 aliphatic carbocycles. The lowest BCUT2D eigenvalue weighted by Gasteiger charge is -2.17. The number of nitrogens with zero attached hydrogens (tertiary/aromatic N) is 1. The van der Waals surface area contributed by atoms with Crippen molar-refractivity contribution in [3.63, 3.8) is 0 Å². The van der Waals surface area contributed by atoms with E-state index in [2.05, 4.69) is 21.2 Å². The second-order valence-electron chi connectivity index (χ2n) is 6.39. The Bertz CT molecular complexity index is 926. The predicted octanol–water partition coefficient (Wildman–Crippen LogP) is 4.73. The minimum absolute atomic E-state index is 0.0187. The van der Waals surface area contributed by atoms with E-state index in [0.29, 0.717) is 33.8 Å². The van der Waals surface area contributed by atoms with Gasteiger partial charge in [-0.3, -0.25) is 4.79 Å². The summed E-state index contributed by atoms with van der Waals surface area (Å²) in [7, 11) is 0. The Hall–Kier alpha value is -2.80. The molecule has 28 heavy (non-hydrogen) atoms. The normalized spacial score (nSPS) is 15.3. The number of rotatable bonds is 6. The van der Waals surface area contributed by atoms with Crippen LogP contribution >= 0.6 is 15.9 Å². The molecular weight excluding hydrogens is 424 g/mol. The minimum atomic E-state index is -0.480. The first-order valence-electron chi connectivity index (χ1n) is 8.96. The van der Waals surface area contributed by atoms with Crippen LogP contribution in [-0.4, -0.2) is 24.6 Å². The molecule has 1 fully saturated rings. The van der Waals surface area contributed by atoms with Crippen LogP contribution in [0.25, 0.3) is 6.08 Å². The number of hydrogen-bond acceptors (Lipinski definition) is 4. The van der Waals surface area contributed by atoms with E-state index in [4.69, 9.17) is 9.47 Å². The highest BCUT2D eigenvalue weighted by atomic mass is 79.9. The summed E-state index contributed by atoms with van der Waals surface area (Å²) in [6.45, 7) is 6.22. The van der Waals surface area contributed by atoms with Gasteiger partial charge in [0.2, 0.25) is 0 Å². The van der Waals surface area contributed by atoms with Crippen molar-refractivity contribution in [2.75, 3.05) is 11.5 Å². The molecule has 146 valence electrons. The van der Waals surface area contributed by atoms with Crippen molar-refractivity contribution in [1.82, 2.24) is 5.32 Å². The summed E-state index contributed by atoms with van der Waals surface area (Å²) in [5.74, 6) is 0.758. The quantitative estimate of drug-likeness (QED) is 0.516. The van der Waals surface area contributed by atoms with Crippen LogP contribution < -0.4 is 19.7 Å². The molecule has 0 atom stereocenters. The maximum Gasteiger partial charge on any atom is 0.333 e. The standard InChI is InChI=1S/C21H21BrN2O4/c1-4-27-18-12-14(10-16(22)19(18)28-13(2)3)11-17-20(25)24(21(26)23-17)15-8-6-5-7-9-15/h5-13H,4H2,1-3H3,(H,23,26)/b17-11+. The minimum Gasteiger partial charge on any atom is -0.490 e. The number of imide groups is 1. The Balaban J connectivity index is 1.95. The van der Waals surface area contributed by atoms with Gasteiger partial charge in [0.25, 0.3) is 5.91 Å². The second-order valence-corrected chi connectivity index (χ2v) is 7.25. The third kappa shape index (κ3) is 4.20. The predicted molar refractivity (Wildman–Crippen MR) is 112 cm³/mol. The number of hydrogen-bond donors (Lipinski definition) is 1. The fraction of sp³-hybridized carbons (Fsp3) is 0.238. The molecular formula is C21H21BrN2O4. The highest BCUT2D eigenvalue weighted by Gasteiger charge is 2.34. The van der Waals surface area contributed by atoms with Gasteiger partial charge in [0, 0.05) is 0 Å². The van der Waals surface area contributed by atoms with Crippen LogP contribution in [0.1, 0.15) is 26.3 Å². The van der Waals surface area contributed by atoms with Gasteiger partial charge in [-0.15, -0.1) is 0 Å². The van der Waals surface area contributed by atoms with Crippen LogP contribution in [0.5, 0.6) is 11.5 Å². The van der Waals surface area contributed by atoms with Gasteiger partial charge < -0.3 is 14.8 Å². The molecule has 0 unspecified atom stereocenters. The summed E-state index contributed by atoms with van der Waals surface area (Å²) in [5.41, 5.74) is 1.41. The molecule has 7 heteroatoms. The molecule has 0 saturated carbocycles. The number of carbonyl (C=O) groups is 2. The summed E-state index contributed by atoms with van der Waals surface area (Å²) >= 11 is 3.50. The van der Waals surface area contributed by atoms with E-state index in [1.807, 2.05) is 32.9 Å². The lowest BCUT2D eigenvalue weighted by atomic mass is 10.1. The number of para-hydroxylation sites is 1. The van der Waals surface area contributed by atoms with E-state index in [1.54, 1.807) is 36.4 Å². The molecule has 1 heterocycles. The van der Waals surface area contributed by atoms with Gasteiger partial charge in [0.15, 0.2) is 11.5 Å². The molecule has 2 aromatic rings. The average Bonchev–Trinajstić information content (AvgIpc) is 2.92. The van der Waals surface area contributed by atoms with E-state index in [0.717, 1.165) is 4.90 Å². The number of nitrogens with one attached hydrogen (secondary N) is 1. The van der Waals surface area contributed by atoms with Gasteiger partial charge in [-0.25, -0.2) is 9.69 Å². The van der Waals surface area contributed by atoms with Gasteiger partial charge in [-0.2, -0.15) is 0 Å². The molecule has 3 rings (SSSR count). The first-order chi connectivity index (χ1) is 13.4. The lowest BCUT2D eigenvalue weighted by molar-refractivity contribution is -0.113. The topological polar surface area (TPSA) is 67.9 Å². The van der Waals surface area contributed by atoms with Crippen molar-refractivity contribution < 1.29 is 19.1 Å². The van der Waals surface area contributed by atoms with Gasteiger partial charge >= 0.3 is 6.03 Å². The van der Waals surface area contributed by atoms with E-state index in [9.17, 15) is 9.59 Å². The van der Waals surface area contributed by atoms with Crippen LogP contribution in [0.2, 0.25) is 0 Å². The first-order valence-corrected chi connectivity index (χ1v) is 9.75. The average molecular weight is 445 g/mol. The number of ether oxygens (including phenoxy) is 2. The van der Waals surface area contributed by atoms with Gasteiger partial charge in [0.05, 0.1) is 22.9 Å². The van der Waals surface area contributed by atoms with Crippen LogP contribution in [0.4, 0.5) is 10.5 Å². The van der Waals surface area contributed by atoms with Gasteiger partial charge in [-0.05, 0) is 72.6 Å². The monoisotopic (exact) mass is 444 g/mol. The van der Waals surface area contributed by atoms with Crippen molar-refractivity contribution in [2.24, 2.45) is 0 Å². The van der Waals surface area contributed by atoms with Crippen molar-refractivity contribution >= 4 is 39.6 Å². The number of urea groups is 1. The van der Waals surface area contributed by atoms with E-state index >= 15 is 0 Å². The highest BCUT2D eigenvalue weighted by Crippen LogP contribution is 2.38. The molecule has 1 aliphatic rings. The summed E-state index contributed by atoms with van der Waals surface area (Å²) < 4.78 is 12.2. The zero-order valence-electron chi connectivity index (χ0n) is 15.9. The van der Waals surface area contributed by atoms with Crippen molar-refractivity contribution in [1.29, 1.82) is 0 Å². The lowest BCUT2D eigenvalue weighted by Crippen LogP contribution is -2.30. The number of anilines is 1. The van der Waals surface area contributed by atoms with Crippen molar-refractivity contribution in [3.8, 4) is 11.5 Å². The van der Waals surface area contributed by atoms with Crippen LogP contribution in [0, 0.1) is 0 Å². The summed E-state index contributed by atoms with van der Waals surface area (Å²) in [5, 5.41) is 2.63. The highest BCUT2D eigenvalue weighted by molar-refractivity contribution is 9.10. The zero-order chi connectivity index (χ0) is 20.3. The molecule has 3 amide bonds. The Morgan fingerprint density at radius 2 is 1.89 bits per heavy atom. The largest absolute Gasteiger partial charge is 0.490 e. The van der Waals surface area contributed by atoms with Gasteiger partial charge in [-0.1, -0.05) is 18.2 Å². The Kier molecular flexibility index (Phi) is 6.04. The molecule has 6 nitrogen and oxygen atoms in total. The molecule has 0 aromatic heterocycles. The fourth-order valence-corrected chi connectivity index (χ4v) is 3.35. The van der Waals surface area contributed by atoms with Crippen LogP contribution in [-0.2, 0) is 4.79 Å². The SMILES string of the molecule is CCOc1cc(/C=C2/NC(=O)N(c3ccccc3)C2=O)cc(Br)c1OC(C)C. The second kappa shape index (κ2) is 8.48. The maximum atomic E-state index is 12.7. The molecule has 1 aliphatic heterocycles. The molecule has 1 saturated heterocycles. The maximum absolute atomic E-state index is 12.7. The van der Waals surface area contributed by atoms with Crippen molar-refractivity contribution in [2.45, 2.75) is 26.9 Å². The van der Waals surface area contributed by atoms with E-state index < -0.39 is 11.9 Å². The Labute approximate surface area is 172 Å². The fourth-order valence-electron chi connectivity index (χ4n) is 2.80. The number of amides is 3. The van der Waals surface area contributed by atoms with Crippen LogP contribution in [0.3, 0.4) is 0 Å². The number of carbonyl (C=O) groups excluding carboxylic acids is 2. The number of halogens is 1. The third-order valence-corrected chi connectivity index (χ3v) is 4.48. The smallest absolute Gasteiger partial charge is 0.333 e. The number of benzene rings is 2. The zero-order valence-corrected chi connectivity index (χ0v) is 17.4. The first kappa shape index (κ1) is 19.9. The Morgan fingerprint density at radius 3 is 2.54 bits per heavy atom. The summed E-state index contributed by atoms with van der Waals surface area (Å²) in [6, 6.07) is 11.9. The van der Waals surface area contributed by atoms with Gasteiger partial charge in [0.1, 0.15) is 5.70 Å². The molecule has 0 radical (unpaired) electrons. The van der Waals surface area contributed by atoms with Crippen molar-refractivity contribution in [3.05, 3.63) is 58.2 Å². The molecule has 2 aromatic carbocycles. The summed E-state index contributed by atoms with van der Waals surface area (Å²) in [4.78, 5) is 26.1. The Morgan fingerprint density at radius 1 is 1.18 bits per heavy atom. The summed E-state index contributed by atoms with van der Waals surface area (Å²) in [6.07, 6.45) is 1.60. The van der Waals surface area contributed by atoms with E-state index in [1.165, 1.54) is 0 Å². The third-order valence-electron chi connectivity index (χ3n) is 3.89. The molecule has 1 N–H and O–H groups in total.